The monoisotopic (exact) mass is 537 g/mol. The maximum Gasteiger partial charge on any atom is 0.318 e. The van der Waals surface area contributed by atoms with Crippen LogP contribution in [-0.2, 0) is 14.3 Å². The summed E-state index contributed by atoms with van der Waals surface area (Å²) in [5, 5.41) is 4.08. The number of ketones is 1. The van der Waals surface area contributed by atoms with Crippen molar-refractivity contribution in [2.75, 3.05) is 44.3 Å². The first kappa shape index (κ1) is 27.1. The molecule has 10 heteroatoms. The van der Waals surface area contributed by atoms with Crippen molar-refractivity contribution in [2.45, 2.75) is 44.1 Å². The van der Waals surface area contributed by atoms with Crippen molar-refractivity contribution >= 4 is 28.4 Å². The number of para-hydroxylation sites is 1. The maximum atomic E-state index is 13.6. The number of amides is 2. The Morgan fingerprint density at radius 3 is 2.49 bits per heavy atom. The van der Waals surface area contributed by atoms with Gasteiger partial charge in [0.05, 0.1) is 25.3 Å². The molecule has 5 rings (SSSR count). The molecule has 2 atom stereocenters. The van der Waals surface area contributed by atoms with Gasteiger partial charge in [0, 0.05) is 67.7 Å². The summed E-state index contributed by atoms with van der Waals surface area (Å²) >= 11 is 0. The number of nitrogens with two attached hydrogens (primary N) is 1. The quantitative estimate of drug-likeness (QED) is 0.406. The second-order valence-electron chi connectivity index (χ2n) is 10.3. The van der Waals surface area contributed by atoms with Crippen molar-refractivity contribution in [3.63, 3.8) is 0 Å². The summed E-state index contributed by atoms with van der Waals surface area (Å²) in [5.74, 6) is -0.616. The van der Waals surface area contributed by atoms with Crippen LogP contribution in [0.4, 0.5) is 14.9 Å². The molecular weight excluding hydrogens is 501 g/mol. The van der Waals surface area contributed by atoms with E-state index in [2.05, 4.69) is 15.2 Å². The standard InChI is InChI=1S/C29H36FN5O4/c1-19(24-16-32-25-5-3-2-4-23(24)25)28(26(36)10-11-27-38-17-21(31)18-39-27)33-29(37)35-14-12-34(13-15-35)22-8-6-20(30)7-9-22/h2-9,16,19,21,27-28,32H,10-15,17-18,31H2,1H3,(H,33,37). The van der Waals surface area contributed by atoms with Crippen molar-refractivity contribution in [1.82, 2.24) is 15.2 Å². The molecule has 3 heterocycles. The highest BCUT2D eigenvalue weighted by atomic mass is 19.1. The Balaban J connectivity index is 1.26. The number of fused-ring (bicyclic) bond motifs is 1. The number of carbonyl (C=O) groups excluding carboxylic acids is 2. The number of H-pyrrole nitrogens is 1. The van der Waals surface area contributed by atoms with E-state index in [9.17, 15) is 14.0 Å². The average molecular weight is 538 g/mol. The minimum atomic E-state index is -0.724. The molecule has 2 unspecified atom stereocenters. The van der Waals surface area contributed by atoms with Crippen LogP contribution in [-0.4, -0.2) is 79.5 Å². The molecule has 0 spiro atoms. The predicted octanol–water partition coefficient (Wildman–Crippen LogP) is 3.36. The number of carbonyl (C=O) groups is 2. The second-order valence-corrected chi connectivity index (χ2v) is 10.3. The predicted molar refractivity (Wildman–Crippen MR) is 147 cm³/mol. The molecule has 2 fully saturated rings. The van der Waals surface area contributed by atoms with Crippen LogP contribution in [0.5, 0.6) is 0 Å². The summed E-state index contributed by atoms with van der Waals surface area (Å²) in [6, 6.07) is 13.1. The number of urea groups is 1. The first-order valence-corrected chi connectivity index (χ1v) is 13.5. The fraction of sp³-hybridized carbons (Fsp3) is 0.448. The highest BCUT2D eigenvalue weighted by Crippen LogP contribution is 2.29. The normalized spacial score (nSPS) is 21.5. The average Bonchev–Trinajstić information content (AvgIpc) is 3.40. The molecule has 208 valence electrons. The lowest BCUT2D eigenvalue weighted by molar-refractivity contribution is -0.188. The van der Waals surface area contributed by atoms with Crippen LogP contribution >= 0.6 is 0 Å². The third-order valence-corrected chi connectivity index (χ3v) is 7.62. The molecule has 0 radical (unpaired) electrons. The zero-order valence-electron chi connectivity index (χ0n) is 22.1. The van der Waals surface area contributed by atoms with Crippen molar-refractivity contribution in [2.24, 2.45) is 5.73 Å². The van der Waals surface area contributed by atoms with Gasteiger partial charge in [0.25, 0.3) is 0 Å². The first-order valence-electron chi connectivity index (χ1n) is 13.5. The maximum absolute atomic E-state index is 13.6. The van der Waals surface area contributed by atoms with E-state index >= 15 is 0 Å². The second kappa shape index (κ2) is 12.1. The molecule has 0 aliphatic carbocycles. The summed E-state index contributed by atoms with van der Waals surface area (Å²) < 4.78 is 24.5. The van der Waals surface area contributed by atoms with Gasteiger partial charge in [-0.2, -0.15) is 0 Å². The van der Waals surface area contributed by atoms with E-state index < -0.39 is 12.3 Å². The molecule has 4 N–H and O–H groups in total. The Labute approximate surface area is 227 Å². The molecule has 39 heavy (non-hydrogen) atoms. The SMILES string of the molecule is CC(c1c[nH]c2ccccc12)C(NC(=O)N1CCN(c2ccc(F)cc2)CC1)C(=O)CCC1OCC(N)CO1. The van der Waals surface area contributed by atoms with Crippen molar-refractivity contribution in [3.8, 4) is 0 Å². The molecular formula is C29H36FN5O4. The van der Waals surface area contributed by atoms with Crippen LogP contribution in [0.1, 0.15) is 31.2 Å². The van der Waals surface area contributed by atoms with Crippen LogP contribution < -0.4 is 16.0 Å². The van der Waals surface area contributed by atoms with Crippen LogP contribution in [0.3, 0.4) is 0 Å². The number of halogens is 1. The van der Waals surface area contributed by atoms with Crippen LogP contribution in [0, 0.1) is 5.82 Å². The molecule has 0 saturated carbocycles. The van der Waals surface area contributed by atoms with Gasteiger partial charge in [0.2, 0.25) is 0 Å². The summed E-state index contributed by atoms with van der Waals surface area (Å²) in [6.45, 7) is 4.99. The summed E-state index contributed by atoms with van der Waals surface area (Å²) in [4.78, 5) is 34.1. The fourth-order valence-corrected chi connectivity index (χ4v) is 5.32. The highest BCUT2D eigenvalue weighted by Gasteiger charge is 2.32. The number of rotatable bonds is 8. The lowest BCUT2D eigenvalue weighted by Gasteiger charge is -2.37. The molecule has 2 aliphatic rings. The Bertz CT molecular complexity index is 1270. The number of anilines is 1. The molecule has 0 bridgehead atoms. The molecule has 9 nitrogen and oxygen atoms in total. The molecule has 2 saturated heterocycles. The number of benzene rings is 2. The molecule has 2 amide bonds. The van der Waals surface area contributed by atoms with Crippen molar-refractivity contribution < 1.29 is 23.5 Å². The van der Waals surface area contributed by atoms with Crippen LogP contribution in [0.2, 0.25) is 0 Å². The van der Waals surface area contributed by atoms with Gasteiger partial charge in [-0.3, -0.25) is 4.79 Å². The molecule has 1 aromatic heterocycles. The summed E-state index contributed by atoms with van der Waals surface area (Å²) in [7, 11) is 0. The van der Waals surface area contributed by atoms with Gasteiger partial charge in [-0.25, -0.2) is 9.18 Å². The van der Waals surface area contributed by atoms with Crippen LogP contribution in [0.15, 0.2) is 54.7 Å². The third-order valence-electron chi connectivity index (χ3n) is 7.62. The van der Waals surface area contributed by atoms with Crippen LogP contribution in [0.25, 0.3) is 10.9 Å². The van der Waals surface area contributed by atoms with Gasteiger partial charge >= 0.3 is 6.03 Å². The Morgan fingerprint density at radius 1 is 1.08 bits per heavy atom. The lowest BCUT2D eigenvalue weighted by atomic mass is 9.88. The number of ether oxygens (including phenoxy) is 2. The smallest absolute Gasteiger partial charge is 0.318 e. The number of Topliss-reactive ketones (excluding diaryl/α,β-unsaturated/α-hetero) is 1. The van der Waals surface area contributed by atoms with Crippen molar-refractivity contribution in [1.29, 1.82) is 0 Å². The first-order chi connectivity index (χ1) is 18.9. The zero-order chi connectivity index (χ0) is 27.4. The van der Waals surface area contributed by atoms with E-state index in [-0.39, 0.29) is 36.0 Å². The van der Waals surface area contributed by atoms with E-state index in [1.807, 2.05) is 37.4 Å². The van der Waals surface area contributed by atoms with Gasteiger partial charge < -0.3 is 35.3 Å². The van der Waals surface area contributed by atoms with Gasteiger partial charge in [0.1, 0.15) is 5.82 Å². The van der Waals surface area contributed by atoms with E-state index in [4.69, 9.17) is 15.2 Å². The van der Waals surface area contributed by atoms with E-state index in [1.165, 1.54) is 12.1 Å². The number of hydrogen-bond donors (Lipinski definition) is 3. The lowest BCUT2D eigenvalue weighted by Crippen LogP contribution is -2.55. The fourth-order valence-electron chi connectivity index (χ4n) is 5.32. The van der Waals surface area contributed by atoms with Gasteiger partial charge in [0.15, 0.2) is 12.1 Å². The summed E-state index contributed by atoms with van der Waals surface area (Å²) in [5.41, 5.74) is 8.70. The molecule has 2 aromatic carbocycles. The number of hydrogen-bond acceptors (Lipinski definition) is 6. The number of aromatic amines is 1. The Kier molecular flexibility index (Phi) is 8.44. The highest BCUT2D eigenvalue weighted by molar-refractivity contribution is 5.91. The molecule has 3 aromatic rings. The molecule has 2 aliphatic heterocycles. The van der Waals surface area contributed by atoms with Crippen molar-refractivity contribution in [3.05, 3.63) is 66.1 Å². The Hall–Kier alpha value is -3.47. The number of nitrogens with one attached hydrogen (secondary N) is 2. The zero-order valence-corrected chi connectivity index (χ0v) is 22.1. The number of piperazine rings is 1. The van der Waals surface area contributed by atoms with E-state index in [0.717, 1.165) is 22.2 Å². The minimum absolute atomic E-state index is 0.0758. The Morgan fingerprint density at radius 2 is 1.77 bits per heavy atom. The van der Waals surface area contributed by atoms with Gasteiger partial charge in [-0.1, -0.05) is 25.1 Å². The largest absolute Gasteiger partial charge is 0.368 e. The van der Waals surface area contributed by atoms with Gasteiger partial charge in [-0.05, 0) is 35.9 Å². The topological polar surface area (TPSA) is 113 Å². The van der Waals surface area contributed by atoms with E-state index in [0.29, 0.717) is 45.8 Å². The number of aromatic nitrogens is 1. The minimum Gasteiger partial charge on any atom is -0.368 e. The summed E-state index contributed by atoms with van der Waals surface area (Å²) in [6.07, 6.45) is 2.04. The van der Waals surface area contributed by atoms with E-state index in [1.54, 1.807) is 17.0 Å². The third kappa shape index (κ3) is 6.41. The van der Waals surface area contributed by atoms with Gasteiger partial charge in [-0.15, -0.1) is 0 Å². The number of nitrogens with zero attached hydrogens (tertiary/aromatic N) is 2.